The first-order chi connectivity index (χ1) is 18.8. The Kier molecular flexibility index (Phi) is 6.72. The number of esters is 1. The minimum absolute atomic E-state index is 0.00358. The number of hydrogen-bond acceptors (Lipinski definition) is 2. The predicted octanol–water partition coefficient (Wildman–Crippen LogP) is 8.56. The van der Waals surface area contributed by atoms with E-state index < -0.39 is 0 Å². The van der Waals surface area contributed by atoms with Crippen LogP contribution < -0.4 is 4.57 Å². The third-order valence-corrected chi connectivity index (χ3v) is 14.8. The summed E-state index contributed by atoms with van der Waals surface area (Å²) < 4.78 is 8.22. The van der Waals surface area contributed by atoms with Gasteiger partial charge in [0.15, 0.2) is 12.4 Å². The maximum Gasteiger partial charge on any atom is 0.372 e. The minimum atomic E-state index is -0.0968. The van der Waals surface area contributed by atoms with Crippen LogP contribution in [0.4, 0.5) is 0 Å². The molecule has 3 heteroatoms. The van der Waals surface area contributed by atoms with Gasteiger partial charge in [0, 0.05) is 17.5 Å². The van der Waals surface area contributed by atoms with Crippen LogP contribution in [0.5, 0.6) is 0 Å². The smallest absolute Gasteiger partial charge is 0.372 e. The van der Waals surface area contributed by atoms with Crippen LogP contribution in [0.3, 0.4) is 0 Å². The minimum Gasteiger partial charge on any atom is -0.457 e. The van der Waals surface area contributed by atoms with Crippen LogP contribution in [0, 0.1) is 56.7 Å². The van der Waals surface area contributed by atoms with Crippen molar-refractivity contribution in [3.8, 4) is 0 Å². The topological polar surface area (TPSA) is 30.2 Å². The van der Waals surface area contributed by atoms with E-state index in [0.29, 0.717) is 34.1 Å². The van der Waals surface area contributed by atoms with Crippen molar-refractivity contribution in [1.82, 2.24) is 0 Å². The van der Waals surface area contributed by atoms with E-state index in [2.05, 4.69) is 55.0 Å². The van der Waals surface area contributed by atoms with Crippen molar-refractivity contribution in [3.05, 3.63) is 42.7 Å². The van der Waals surface area contributed by atoms with Crippen molar-refractivity contribution >= 4 is 5.97 Å². The van der Waals surface area contributed by atoms with Gasteiger partial charge in [0.05, 0.1) is 0 Å². The molecule has 6 rings (SSSR count). The molecule has 1 aromatic heterocycles. The summed E-state index contributed by atoms with van der Waals surface area (Å²) in [5.41, 5.74) is 3.05. The fourth-order valence-electron chi connectivity index (χ4n) is 12.6. The van der Waals surface area contributed by atoms with Crippen LogP contribution in [0.2, 0.25) is 0 Å². The average molecular weight is 547 g/mol. The first-order valence-corrected chi connectivity index (χ1v) is 16.6. The Morgan fingerprint density at radius 1 is 0.825 bits per heavy atom. The maximum atomic E-state index is 13.0. The summed E-state index contributed by atoms with van der Waals surface area (Å²) in [5.74, 6) is 3.63. The van der Waals surface area contributed by atoms with Gasteiger partial charge in [-0.05, 0) is 122 Å². The number of carbonyl (C=O) groups is 1. The van der Waals surface area contributed by atoms with Gasteiger partial charge in [-0.25, -0.2) is 4.79 Å². The second-order valence-electron chi connectivity index (χ2n) is 16.7. The summed E-state index contributed by atoms with van der Waals surface area (Å²) in [6, 6.07) is 5.92. The van der Waals surface area contributed by atoms with Gasteiger partial charge < -0.3 is 4.74 Å². The summed E-state index contributed by atoms with van der Waals surface area (Å²) in [6.45, 7) is 22.7. The van der Waals surface area contributed by atoms with Crippen LogP contribution in [0.1, 0.15) is 113 Å². The SMILES string of the molecule is C=C(C)C1CC[C@]2(C)CC[C@]3(C)C(CCC4[C@@]5(C)CC[C@H](OC(=O)C[n+]6ccccc6)C(C)(C)C5CC[C@]43C)C12. The molecule has 0 radical (unpaired) electrons. The Bertz CT molecular complexity index is 1160. The molecule has 10 atom stereocenters. The number of hydrogen-bond donors (Lipinski definition) is 0. The van der Waals surface area contributed by atoms with Gasteiger partial charge in [0.1, 0.15) is 6.10 Å². The summed E-state index contributed by atoms with van der Waals surface area (Å²) in [5, 5.41) is 0. The number of allylic oxidation sites excluding steroid dienone is 1. The largest absolute Gasteiger partial charge is 0.457 e. The summed E-state index contributed by atoms with van der Waals surface area (Å²) in [6.07, 6.45) is 17.0. The molecule has 5 aliphatic carbocycles. The number of rotatable bonds is 4. The summed E-state index contributed by atoms with van der Waals surface area (Å²) >= 11 is 0. The van der Waals surface area contributed by atoms with Crippen molar-refractivity contribution in [2.45, 2.75) is 125 Å². The first kappa shape index (κ1) is 28.5. The lowest BCUT2D eigenvalue weighted by molar-refractivity contribution is -0.686. The van der Waals surface area contributed by atoms with Crippen molar-refractivity contribution < 1.29 is 14.1 Å². The monoisotopic (exact) mass is 546 g/mol. The fourth-order valence-corrected chi connectivity index (χ4v) is 12.6. The zero-order chi connectivity index (χ0) is 28.7. The Balaban J connectivity index is 1.25. The molecule has 0 N–H and O–H groups in total. The van der Waals surface area contributed by atoms with Crippen LogP contribution in [0.15, 0.2) is 42.7 Å². The zero-order valence-electron chi connectivity index (χ0n) is 26.6. The molecular weight excluding hydrogens is 490 g/mol. The second-order valence-corrected chi connectivity index (χ2v) is 16.7. The van der Waals surface area contributed by atoms with E-state index in [1.54, 1.807) is 0 Å². The molecule has 0 bridgehead atoms. The molecule has 5 fully saturated rings. The molecule has 5 saturated carbocycles. The van der Waals surface area contributed by atoms with Crippen LogP contribution in [-0.2, 0) is 16.1 Å². The summed E-state index contributed by atoms with van der Waals surface area (Å²) in [7, 11) is 0. The van der Waals surface area contributed by atoms with Gasteiger partial charge in [0.25, 0.3) is 0 Å². The molecular formula is C37H56NO2+. The number of nitrogens with zero attached hydrogens (tertiary/aromatic N) is 1. The molecule has 3 nitrogen and oxygen atoms in total. The van der Waals surface area contributed by atoms with Crippen LogP contribution >= 0.6 is 0 Å². The molecule has 220 valence electrons. The fraction of sp³-hybridized carbons (Fsp3) is 0.784. The number of fused-ring (bicyclic) bond motifs is 7. The van der Waals surface area contributed by atoms with Crippen molar-refractivity contribution in [2.75, 3.05) is 0 Å². The number of carbonyl (C=O) groups excluding carboxylic acids is 1. The number of ether oxygens (including phenoxy) is 1. The Hall–Kier alpha value is -1.64. The highest BCUT2D eigenvalue weighted by atomic mass is 16.5. The van der Waals surface area contributed by atoms with Crippen LogP contribution in [0.25, 0.3) is 0 Å². The van der Waals surface area contributed by atoms with Gasteiger partial charge in [-0.3, -0.25) is 0 Å². The molecule has 1 aromatic rings. The van der Waals surface area contributed by atoms with E-state index in [0.717, 1.165) is 30.1 Å². The van der Waals surface area contributed by atoms with Crippen molar-refractivity contribution in [1.29, 1.82) is 0 Å². The Morgan fingerprint density at radius 3 is 2.25 bits per heavy atom. The average Bonchev–Trinajstić information content (AvgIpc) is 3.25. The third kappa shape index (κ3) is 3.94. The molecule has 5 aliphatic rings. The molecule has 0 aromatic carbocycles. The highest BCUT2D eigenvalue weighted by molar-refractivity contribution is 5.68. The zero-order valence-corrected chi connectivity index (χ0v) is 26.6. The van der Waals surface area contributed by atoms with E-state index >= 15 is 0 Å². The van der Waals surface area contributed by atoms with Crippen LogP contribution in [-0.4, -0.2) is 12.1 Å². The van der Waals surface area contributed by atoms with Gasteiger partial charge in [-0.2, -0.15) is 4.57 Å². The third-order valence-electron chi connectivity index (χ3n) is 14.8. The number of aromatic nitrogens is 1. The highest BCUT2D eigenvalue weighted by Gasteiger charge is 2.70. The van der Waals surface area contributed by atoms with E-state index in [4.69, 9.17) is 4.74 Å². The van der Waals surface area contributed by atoms with E-state index in [1.807, 2.05) is 35.2 Å². The summed E-state index contributed by atoms with van der Waals surface area (Å²) in [4.78, 5) is 13.0. The molecule has 1 heterocycles. The second kappa shape index (κ2) is 9.43. The van der Waals surface area contributed by atoms with E-state index in [-0.39, 0.29) is 17.5 Å². The molecule has 0 spiro atoms. The molecule has 0 aliphatic heterocycles. The Labute approximate surface area is 244 Å². The van der Waals surface area contributed by atoms with Crippen molar-refractivity contribution in [2.24, 2.45) is 56.7 Å². The standard InChI is InChI=1S/C37H56NO2/c1-25(2)26-14-17-34(5)20-21-36(7)27(32(26)34)12-13-29-35(6)18-16-30(33(3,4)28(35)15-19-37(29,36)8)40-31(39)24-38-22-10-9-11-23-38/h9-11,22-23,26-30,32H,1,12-21,24H2,2-8H3/q+1/t26?,27?,28?,29?,30-,32?,34+,35-,36+,37+/m0/s1. The lowest BCUT2D eigenvalue weighted by atomic mass is 9.32. The maximum absolute atomic E-state index is 13.0. The molecule has 0 saturated heterocycles. The van der Waals surface area contributed by atoms with Gasteiger partial charge >= 0.3 is 5.97 Å². The molecule has 40 heavy (non-hydrogen) atoms. The first-order valence-electron chi connectivity index (χ1n) is 16.6. The van der Waals surface area contributed by atoms with Crippen molar-refractivity contribution in [3.63, 3.8) is 0 Å². The van der Waals surface area contributed by atoms with Gasteiger partial charge in [-0.1, -0.05) is 59.8 Å². The molecule has 0 amide bonds. The highest BCUT2D eigenvalue weighted by Crippen LogP contribution is 2.77. The lowest BCUT2D eigenvalue weighted by Gasteiger charge is -2.73. The normalized spacial score (nSPS) is 47.3. The number of pyridine rings is 1. The Morgan fingerprint density at radius 2 is 1.55 bits per heavy atom. The van der Waals surface area contributed by atoms with Gasteiger partial charge in [0.2, 0.25) is 6.54 Å². The van der Waals surface area contributed by atoms with Gasteiger partial charge in [-0.15, -0.1) is 0 Å². The quantitative estimate of drug-likeness (QED) is 0.215. The molecule has 5 unspecified atom stereocenters. The van der Waals surface area contributed by atoms with E-state index in [1.165, 1.54) is 63.4 Å². The lowest BCUT2D eigenvalue weighted by Crippen LogP contribution is -2.66. The predicted molar refractivity (Wildman–Crippen MR) is 161 cm³/mol. The van der Waals surface area contributed by atoms with E-state index in [9.17, 15) is 4.79 Å².